The maximum Gasteiger partial charge on any atom is 0.125 e. The Morgan fingerprint density at radius 2 is 1.90 bits per heavy atom. The number of ether oxygens (including phenoxy) is 2. The summed E-state index contributed by atoms with van der Waals surface area (Å²) >= 11 is 3.34. The van der Waals surface area contributed by atoms with Crippen molar-refractivity contribution < 1.29 is 19.4 Å². The smallest absolute Gasteiger partial charge is 0.125 e. The highest BCUT2D eigenvalue weighted by atomic mass is 79.9. The number of hydrogen-bond donors (Lipinski definition) is 0. The van der Waals surface area contributed by atoms with E-state index in [1.165, 1.54) is 19.2 Å². The maximum atomic E-state index is 10.9. The number of aromatic carboxylic acids is 1. The summed E-state index contributed by atoms with van der Waals surface area (Å²) in [6.07, 6.45) is 0. The van der Waals surface area contributed by atoms with Gasteiger partial charge in [-0.2, -0.15) is 0 Å². The second-order valence-electron chi connectivity index (χ2n) is 4.06. The van der Waals surface area contributed by atoms with Crippen LogP contribution in [0.15, 0.2) is 46.9 Å². The number of methoxy groups -OCH3 is 1. The molecule has 5 heteroatoms. The zero-order chi connectivity index (χ0) is 14.5. The summed E-state index contributed by atoms with van der Waals surface area (Å²) in [5.41, 5.74) is 0.748. The molecule has 2 aromatic rings. The largest absolute Gasteiger partial charge is 0.545 e. The summed E-state index contributed by atoms with van der Waals surface area (Å²) in [4.78, 5) is 10.9. The highest BCUT2D eigenvalue weighted by Crippen LogP contribution is 2.23. The number of carboxylic acids is 1. The van der Waals surface area contributed by atoms with Gasteiger partial charge in [-0.1, -0.05) is 15.9 Å². The van der Waals surface area contributed by atoms with Crippen LogP contribution in [-0.4, -0.2) is 13.1 Å². The molecule has 0 saturated heterocycles. The Balaban J connectivity index is 2.16. The summed E-state index contributed by atoms with van der Waals surface area (Å²) in [5.74, 6) is 0.0405. The lowest BCUT2D eigenvalue weighted by molar-refractivity contribution is -0.255. The van der Waals surface area contributed by atoms with Gasteiger partial charge >= 0.3 is 0 Å². The van der Waals surface area contributed by atoms with Crippen molar-refractivity contribution in [3.63, 3.8) is 0 Å². The Labute approximate surface area is 125 Å². The van der Waals surface area contributed by atoms with Crippen LogP contribution < -0.4 is 14.6 Å². The van der Waals surface area contributed by atoms with E-state index in [2.05, 4.69) is 15.9 Å². The third-order valence-corrected chi connectivity index (χ3v) is 3.25. The van der Waals surface area contributed by atoms with E-state index in [1.807, 2.05) is 24.3 Å². The van der Waals surface area contributed by atoms with Crippen LogP contribution in [0.2, 0.25) is 0 Å². The van der Waals surface area contributed by atoms with E-state index in [0.29, 0.717) is 17.1 Å². The van der Waals surface area contributed by atoms with Gasteiger partial charge in [-0.05, 0) is 48.0 Å². The first-order valence-electron chi connectivity index (χ1n) is 5.87. The SMILES string of the molecule is COc1ccc(C(=O)[O-])cc1COc1ccc(Br)cc1. The van der Waals surface area contributed by atoms with E-state index in [4.69, 9.17) is 9.47 Å². The lowest BCUT2D eigenvalue weighted by Crippen LogP contribution is -2.22. The van der Waals surface area contributed by atoms with Crippen molar-refractivity contribution in [2.45, 2.75) is 6.61 Å². The van der Waals surface area contributed by atoms with Crippen molar-refractivity contribution >= 4 is 21.9 Å². The number of carboxylic acid groups (broad SMARTS) is 1. The molecule has 0 saturated carbocycles. The fraction of sp³-hybridized carbons (Fsp3) is 0.133. The van der Waals surface area contributed by atoms with E-state index < -0.39 is 5.97 Å². The molecule has 20 heavy (non-hydrogen) atoms. The Morgan fingerprint density at radius 1 is 1.20 bits per heavy atom. The number of hydrogen-bond acceptors (Lipinski definition) is 4. The summed E-state index contributed by atoms with van der Waals surface area (Å²) < 4.78 is 11.8. The third-order valence-electron chi connectivity index (χ3n) is 2.72. The number of halogens is 1. The second kappa shape index (κ2) is 6.43. The van der Waals surface area contributed by atoms with Crippen LogP contribution in [0.3, 0.4) is 0 Å². The van der Waals surface area contributed by atoms with Crippen LogP contribution in [0.25, 0.3) is 0 Å². The summed E-state index contributed by atoms with van der Waals surface area (Å²) in [5, 5.41) is 10.9. The van der Waals surface area contributed by atoms with Crippen molar-refractivity contribution in [3.8, 4) is 11.5 Å². The molecule has 0 aliphatic heterocycles. The highest BCUT2D eigenvalue weighted by molar-refractivity contribution is 9.10. The monoisotopic (exact) mass is 335 g/mol. The maximum absolute atomic E-state index is 10.9. The predicted molar refractivity (Wildman–Crippen MR) is 75.8 cm³/mol. The molecular formula is C15H12BrO4-. The van der Waals surface area contributed by atoms with Gasteiger partial charge in [0.15, 0.2) is 0 Å². The Bertz CT molecular complexity index is 608. The van der Waals surface area contributed by atoms with Crippen LogP contribution in [-0.2, 0) is 6.61 Å². The Hall–Kier alpha value is -2.01. The molecule has 0 N–H and O–H groups in total. The van der Waals surface area contributed by atoms with Crippen molar-refractivity contribution in [2.75, 3.05) is 7.11 Å². The molecule has 0 unspecified atom stereocenters. The standard InChI is InChI=1S/C15H13BrO4/c1-19-14-7-2-10(15(17)18)8-11(14)9-20-13-5-3-12(16)4-6-13/h2-8H,9H2,1H3,(H,17,18)/p-1. The number of carbonyl (C=O) groups is 1. The highest BCUT2D eigenvalue weighted by Gasteiger charge is 2.06. The van der Waals surface area contributed by atoms with Crippen LogP contribution in [0, 0.1) is 0 Å². The zero-order valence-corrected chi connectivity index (χ0v) is 12.3. The molecule has 0 amide bonds. The van der Waals surface area contributed by atoms with E-state index >= 15 is 0 Å². The van der Waals surface area contributed by atoms with Gasteiger partial charge in [0.1, 0.15) is 18.1 Å². The minimum atomic E-state index is -1.22. The van der Waals surface area contributed by atoms with Gasteiger partial charge in [0.2, 0.25) is 0 Å². The predicted octanol–water partition coefficient (Wildman–Crippen LogP) is 2.40. The van der Waals surface area contributed by atoms with Crippen molar-refractivity contribution in [1.82, 2.24) is 0 Å². The van der Waals surface area contributed by atoms with Gasteiger partial charge in [0, 0.05) is 10.0 Å². The molecule has 2 rings (SSSR count). The average Bonchev–Trinajstić information content (AvgIpc) is 2.46. The molecule has 0 aliphatic carbocycles. The summed E-state index contributed by atoms with van der Waals surface area (Å²) in [6, 6.07) is 11.9. The van der Waals surface area contributed by atoms with Crippen LogP contribution in [0.5, 0.6) is 11.5 Å². The Morgan fingerprint density at radius 3 is 2.50 bits per heavy atom. The summed E-state index contributed by atoms with van der Waals surface area (Å²) in [7, 11) is 1.52. The van der Waals surface area contributed by atoms with Gasteiger partial charge in [-0.15, -0.1) is 0 Å². The minimum Gasteiger partial charge on any atom is -0.545 e. The lowest BCUT2D eigenvalue weighted by Gasteiger charge is -2.12. The van der Waals surface area contributed by atoms with E-state index in [-0.39, 0.29) is 12.2 Å². The normalized spacial score (nSPS) is 10.1. The number of benzene rings is 2. The summed E-state index contributed by atoms with van der Waals surface area (Å²) in [6.45, 7) is 0.214. The molecule has 0 bridgehead atoms. The second-order valence-corrected chi connectivity index (χ2v) is 4.97. The van der Waals surface area contributed by atoms with Crippen LogP contribution >= 0.6 is 15.9 Å². The average molecular weight is 336 g/mol. The molecule has 0 spiro atoms. The molecule has 0 aromatic heterocycles. The van der Waals surface area contributed by atoms with Gasteiger partial charge in [-0.3, -0.25) is 0 Å². The zero-order valence-electron chi connectivity index (χ0n) is 10.8. The van der Waals surface area contributed by atoms with E-state index in [1.54, 1.807) is 6.07 Å². The number of carbonyl (C=O) groups excluding carboxylic acids is 1. The molecule has 4 nitrogen and oxygen atoms in total. The molecule has 0 heterocycles. The minimum absolute atomic E-state index is 0.0974. The third kappa shape index (κ3) is 3.51. The molecule has 0 radical (unpaired) electrons. The lowest BCUT2D eigenvalue weighted by atomic mass is 10.1. The fourth-order valence-corrected chi connectivity index (χ4v) is 1.97. The van der Waals surface area contributed by atoms with Crippen molar-refractivity contribution in [3.05, 3.63) is 58.1 Å². The van der Waals surface area contributed by atoms with E-state index in [9.17, 15) is 9.90 Å². The van der Waals surface area contributed by atoms with Crippen LogP contribution in [0.4, 0.5) is 0 Å². The molecule has 2 aromatic carbocycles. The first-order valence-corrected chi connectivity index (χ1v) is 6.66. The fourth-order valence-electron chi connectivity index (χ4n) is 1.71. The Kier molecular flexibility index (Phi) is 4.63. The van der Waals surface area contributed by atoms with Gasteiger partial charge in [0.25, 0.3) is 0 Å². The first-order chi connectivity index (χ1) is 9.60. The molecular weight excluding hydrogens is 324 g/mol. The molecule has 0 aliphatic rings. The molecule has 104 valence electrons. The van der Waals surface area contributed by atoms with E-state index in [0.717, 1.165) is 4.47 Å². The molecule has 0 atom stereocenters. The van der Waals surface area contributed by atoms with Crippen molar-refractivity contribution in [2.24, 2.45) is 0 Å². The topological polar surface area (TPSA) is 58.6 Å². The van der Waals surface area contributed by atoms with Crippen LogP contribution in [0.1, 0.15) is 15.9 Å². The first kappa shape index (κ1) is 14.4. The van der Waals surface area contributed by atoms with Gasteiger partial charge < -0.3 is 19.4 Å². The van der Waals surface area contributed by atoms with Gasteiger partial charge in [0.05, 0.1) is 13.1 Å². The molecule has 0 fully saturated rings. The van der Waals surface area contributed by atoms with Gasteiger partial charge in [-0.25, -0.2) is 0 Å². The quantitative estimate of drug-likeness (QED) is 0.841. The number of rotatable bonds is 5. The van der Waals surface area contributed by atoms with Crippen molar-refractivity contribution in [1.29, 1.82) is 0 Å².